The maximum absolute atomic E-state index is 13.8. The summed E-state index contributed by atoms with van der Waals surface area (Å²) in [4.78, 5) is 13.3. The molecule has 2 aromatic carbocycles. The lowest BCUT2D eigenvalue weighted by Gasteiger charge is -2.40. The molecule has 1 spiro atoms. The minimum absolute atomic E-state index is 0.0163. The first-order valence-corrected chi connectivity index (χ1v) is 13.0. The van der Waals surface area contributed by atoms with Gasteiger partial charge in [-0.1, -0.05) is 12.1 Å². The standard InChI is InChI=1S/C31H30FN5O/c1-21-25(5-4-24-6-8-29(38-2)35-30(21)24)19-36-13-10-31(11-14-36)20-37(18-23-9-12-34-28(32)16-23)27-7-3-22(17-33)15-26(27)31/h3-9,12,15-16H,10-11,13-14,18-20H2,1-2H3. The number of anilines is 1. The van der Waals surface area contributed by atoms with Gasteiger partial charge in [-0.3, -0.25) is 4.90 Å². The number of nitriles is 1. The summed E-state index contributed by atoms with van der Waals surface area (Å²) < 4.78 is 19.1. The summed E-state index contributed by atoms with van der Waals surface area (Å²) in [5.41, 5.74) is 7.46. The molecule has 0 N–H and O–H groups in total. The van der Waals surface area contributed by atoms with Gasteiger partial charge in [0.25, 0.3) is 0 Å². The second-order valence-electron chi connectivity index (χ2n) is 10.5. The Bertz CT molecular complexity index is 1550. The number of methoxy groups -OCH3 is 1. The molecule has 4 aromatic rings. The Morgan fingerprint density at radius 2 is 1.87 bits per heavy atom. The number of likely N-dealkylation sites (tertiary alicyclic amines) is 1. The second-order valence-corrected chi connectivity index (χ2v) is 10.5. The van der Waals surface area contributed by atoms with Crippen molar-refractivity contribution >= 4 is 16.6 Å². The predicted octanol–water partition coefficient (Wildman–Crippen LogP) is 5.51. The highest BCUT2D eigenvalue weighted by Crippen LogP contribution is 2.48. The molecule has 0 radical (unpaired) electrons. The van der Waals surface area contributed by atoms with Gasteiger partial charge >= 0.3 is 0 Å². The first kappa shape index (κ1) is 24.3. The van der Waals surface area contributed by atoms with E-state index in [1.807, 2.05) is 18.2 Å². The van der Waals surface area contributed by atoms with Crippen LogP contribution in [0.15, 0.2) is 60.8 Å². The number of benzene rings is 2. The fraction of sp³-hybridized carbons (Fsp3) is 0.323. The van der Waals surface area contributed by atoms with Crippen LogP contribution in [0.5, 0.6) is 5.88 Å². The quantitative estimate of drug-likeness (QED) is 0.332. The second kappa shape index (κ2) is 9.70. The molecule has 1 saturated heterocycles. The van der Waals surface area contributed by atoms with Gasteiger partial charge in [0, 0.05) is 48.4 Å². The van der Waals surface area contributed by atoms with Gasteiger partial charge in [0.1, 0.15) is 0 Å². The third-order valence-electron chi connectivity index (χ3n) is 8.31. The molecule has 0 aliphatic carbocycles. The van der Waals surface area contributed by atoms with Crippen LogP contribution in [0.1, 0.15) is 40.7 Å². The lowest BCUT2D eigenvalue weighted by atomic mass is 9.74. The number of fused-ring (bicyclic) bond motifs is 3. The van der Waals surface area contributed by atoms with E-state index in [9.17, 15) is 9.65 Å². The van der Waals surface area contributed by atoms with Crippen LogP contribution < -0.4 is 9.64 Å². The Morgan fingerprint density at radius 3 is 2.63 bits per heavy atom. The Morgan fingerprint density at radius 1 is 1.05 bits per heavy atom. The van der Waals surface area contributed by atoms with E-state index >= 15 is 0 Å². The van der Waals surface area contributed by atoms with Crippen LogP contribution in [0.3, 0.4) is 0 Å². The average Bonchev–Trinajstić information content (AvgIpc) is 3.23. The van der Waals surface area contributed by atoms with Crippen molar-refractivity contribution in [2.45, 2.75) is 38.3 Å². The normalized spacial score (nSPS) is 16.5. The minimum Gasteiger partial charge on any atom is -0.481 e. The zero-order valence-corrected chi connectivity index (χ0v) is 21.7. The number of piperidine rings is 1. The van der Waals surface area contributed by atoms with E-state index in [0.29, 0.717) is 18.0 Å². The van der Waals surface area contributed by atoms with Crippen LogP contribution in [-0.2, 0) is 18.5 Å². The van der Waals surface area contributed by atoms with Crippen LogP contribution in [-0.4, -0.2) is 41.6 Å². The van der Waals surface area contributed by atoms with Crippen molar-refractivity contribution in [3.05, 3.63) is 94.6 Å². The van der Waals surface area contributed by atoms with Gasteiger partial charge in [0.05, 0.1) is 24.3 Å². The van der Waals surface area contributed by atoms with E-state index in [1.54, 1.807) is 7.11 Å². The van der Waals surface area contributed by atoms with E-state index in [2.05, 4.69) is 58.1 Å². The highest BCUT2D eigenvalue weighted by molar-refractivity contribution is 5.83. The molecule has 38 heavy (non-hydrogen) atoms. The highest BCUT2D eigenvalue weighted by atomic mass is 19.1. The van der Waals surface area contributed by atoms with Gasteiger partial charge < -0.3 is 9.64 Å². The Kier molecular flexibility index (Phi) is 6.21. The van der Waals surface area contributed by atoms with Crippen LogP contribution in [0.25, 0.3) is 10.9 Å². The fourth-order valence-corrected chi connectivity index (χ4v) is 6.19. The number of halogens is 1. The molecule has 0 saturated carbocycles. The SMILES string of the molecule is COc1ccc2ccc(CN3CCC4(CC3)CN(Cc3ccnc(F)c3)c3ccc(C#N)cc34)c(C)c2n1. The van der Waals surface area contributed by atoms with Crippen molar-refractivity contribution in [1.29, 1.82) is 5.26 Å². The van der Waals surface area contributed by atoms with Crippen molar-refractivity contribution in [2.75, 3.05) is 31.6 Å². The van der Waals surface area contributed by atoms with Gasteiger partial charge in [-0.15, -0.1) is 0 Å². The van der Waals surface area contributed by atoms with E-state index < -0.39 is 5.95 Å². The van der Waals surface area contributed by atoms with Crippen LogP contribution in [0.4, 0.5) is 10.1 Å². The maximum Gasteiger partial charge on any atom is 0.213 e. The largest absolute Gasteiger partial charge is 0.481 e. The molecule has 0 bridgehead atoms. The van der Waals surface area contributed by atoms with Crippen LogP contribution in [0, 0.1) is 24.2 Å². The molecule has 0 amide bonds. The number of pyridine rings is 2. The predicted molar refractivity (Wildman–Crippen MR) is 146 cm³/mol. The molecule has 7 heteroatoms. The molecule has 4 heterocycles. The number of rotatable bonds is 5. The first-order chi connectivity index (χ1) is 18.5. The number of hydrogen-bond donors (Lipinski definition) is 0. The highest BCUT2D eigenvalue weighted by Gasteiger charge is 2.44. The number of hydrogen-bond acceptors (Lipinski definition) is 6. The third-order valence-corrected chi connectivity index (χ3v) is 8.31. The molecule has 192 valence electrons. The van der Waals surface area contributed by atoms with E-state index in [4.69, 9.17) is 9.72 Å². The number of aryl methyl sites for hydroxylation is 1. The topological polar surface area (TPSA) is 65.3 Å². The summed E-state index contributed by atoms with van der Waals surface area (Å²) in [5.74, 6) is 0.177. The van der Waals surface area contributed by atoms with Gasteiger partial charge in [-0.25, -0.2) is 9.97 Å². The summed E-state index contributed by atoms with van der Waals surface area (Å²) in [6.07, 6.45) is 3.54. The summed E-state index contributed by atoms with van der Waals surface area (Å²) >= 11 is 0. The number of aromatic nitrogens is 2. The zero-order valence-electron chi connectivity index (χ0n) is 21.7. The Balaban J connectivity index is 1.23. The molecule has 6 rings (SSSR count). The minimum atomic E-state index is -0.456. The summed E-state index contributed by atoms with van der Waals surface area (Å²) in [6.45, 7) is 6.45. The number of nitrogens with zero attached hydrogens (tertiary/aromatic N) is 5. The van der Waals surface area contributed by atoms with Crippen molar-refractivity contribution in [3.8, 4) is 11.9 Å². The van der Waals surface area contributed by atoms with Crippen molar-refractivity contribution in [3.63, 3.8) is 0 Å². The summed E-state index contributed by atoms with van der Waals surface area (Å²) in [7, 11) is 1.65. The van der Waals surface area contributed by atoms with Crippen molar-refractivity contribution in [2.24, 2.45) is 0 Å². The number of ether oxygens (including phenoxy) is 1. The molecule has 2 aromatic heterocycles. The van der Waals surface area contributed by atoms with Gasteiger partial charge in [0.2, 0.25) is 11.8 Å². The first-order valence-electron chi connectivity index (χ1n) is 13.0. The van der Waals surface area contributed by atoms with Gasteiger partial charge in [-0.05, 0) is 91.5 Å². The van der Waals surface area contributed by atoms with E-state index in [-0.39, 0.29) is 5.41 Å². The average molecular weight is 508 g/mol. The maximum atomic E-state index is 13.8. The Labute approximate surface area is 222 Å². The summed E-state index contributed by atoms with van der Waals surface area (Å²) in [5, 5.41) is 10.7. The van der Waals surface area contributed by atoms with E-state index in [0.717, 1.165) is 61.2 Å². The third kappa shape index (κ3) is 4.35. The monoisotopic (exact) mass is 507 g/mol. The van der Waals surface area contributed by atoms with E-state index in [1.165, 1.54) is 29.0 Å². The zero-order chi connectivity index (χ0) is 26.3. The molecule has 6 nitrogen and oxygen atoms in total. The lowest BCUT2D eigenvalue weighted by Crippen LogP contribution is -2.44. The van der Waals surface area contributed by atoms with Crippen molar-refractivity contribution in [1.82, 2.24) is 14.9 Å². The van der Waals surface area contributed by atoms with Gasteiger partial charge in [-0.2, -0.15) is 9.65 Å². The van der Waals surface area contributed by atoms with Crippen LogP contribution in [0.2, 0.25) is 0 Å². The fourth-order valence-electron chi connectivity index (χ4n) is 6.19. The molecule has 2 aliphatic heterocycles. The lowest BCUT2D eigenvalue weighted by molar-refractivity contribution is 0.159. The summed E-state index contributed by atoms with van der Waals surface area (Å²) in [6, 6.07) is 20.0. The molecule has 0 atom stereocenters. The molecular weight excluding hydrogens is 477 g/mol. The molecule has 1 fully saturated rings. The Hall–Kier alpha value is -4.02. The van der Waals surface area contributed by atoms with Crippen LogP contribution >= 0.6 is 0 Å². The van der Waals surface area contributed by atoms with Gasteiger partial charge in [0.15, 0.2) is 0 Å². The molecular formula is C31H30FN5O. The molecule has 0 unspecified atom stereocenters. The van der Waals surface area contributed by atoms with Crippen molar-refractivity contribution < 1.29 is 9.13 Å². The smallest absolute Gasteiger partial charge is 0.213 e. The molecule has 2 aliphatic rings.